The van der Waals surface area contributed by atoms with Gasteiger partial charge in [0.05, 0.1) is 11.3 Å². The molecule has 0 aliphatic carbocycles. The number of hydrogen-bond acceptors (Lipinski definition) is 7. The van der Waals surface area contributed by atoms with Crippen LogP contribution in [0.4, 0.5) is 5.95 Å². The van der Waals surface area contributed by atoms with Crippen molar-refractivity contribution in [1.82, 2.24) is 24.8 Å². The maximum Gasteiger partial charge on any atom is 0.256 e. The van der Waals surface area contributed by atoms with E-state index >= 15 is 0 Å². The van der Waals surface area contributed by atoms with Crippen molar-refractivity contribution in [3.63, 3.8) is 0 Å². The number of hydrogen-bond donors (Lipinski definition) is 2. The fourth-order valence-electron chi connectivity index (χ4n) is 2.39. The van der Waals surface area contributed by atoms with Crippen molar-refractivity contribution in [2.45, 2.75) is 24.7 Å². The quantitative estimate of drug-likeness (QED) is 0.626. The molecule has 0 fully saturated rings. The predicted octanol–water partition coefficient (Wildman–Crippen LogP) is 0.422. The fraction of sp³-hybridized carbons (Fsp3) is 0.385. The average molecular weight is 304 g/mol. The fourth-order valence-corrected chi connectivity index (χ4v) is 2.79. The largest absolute Gasteiger partial charge is 0.368 e. The number of thioether (sulfide) groups is 1. The summed E-state index contributed by atoms with van der Waals surface area (Å²) in [5.41, 5.74) is 8.09. The summed E-state index contributed by atoms with van der Waals surface area (Å²) in [6, 6.07) is 0. The molecule has 0 bridgehead atoms. The van der Waals surface area contributed by atoms with Crippen LogP contribution in [0.2, 0.25) is 0 Å². The van der Waals surface area contributed by atoms with E-state index in [0.717, 1.165) is 29.8 Å². The molecule has 3 rings (SSSR count). The molecule has 7 nitrogen and oxygen atoms in total. The lowest BCUT2D eigenvalue weighted by Crippen LogP contribution is -2.35. The minimum absolute atomic E-state index is 0.0393. The Kier molecular flexibility index (Phi) is 3.89. The van der Waals surface area contributed by atoms with Crippen molar-refractivity contribution >= 4 is 17.7 Å². The molecule has 1 aliphatic heterocycles. The van der Waals surface area contributed by atoms with Crippen molar-refractivity contribution in [1.29, 1.82) is 0 Å². The van der Waals surface area contributed by atoms with E-state index in [1.165, 1.54) is 11.8 Å². The summed E-state index contributed by atoms with van der Waals surface area (Å²) in [7, 11) is 0. The lowest BCUT2D eigenvalue weighted by Gasteiger charge is -2.27. The molecular formula is C13H16N6OS. The first kappa shape index (κ1) is 14.0. The molecule has 0 saturated heterocycles. The normalized spacial score (nSPS) is 14.9. The van der Waals surface area contributed by atoms with Gasteiger partial charge in [-0.05, 0) is 6.26 Å². The third-order valence-electron chi connectivity index (χ3n) is 3.45. The van der Waals surface area contributed by atoms with Gasteiger partial charge in [0.25, 0.3) is 5.56 Å². The maximum atomic E-state index is 12.1. The topological polar surface area (TPSA) is 101 Å². The first-order valence-corrected chi connectivity index (χ1v) is 7.83. The van der Waals surface area contributed by atoms with Gasteiger partial charge in [-0.1, -0.05) is 11.8 Å². The zero-order valence-corrected chi connectivity index (χ0v) is 12.5. The lowest BCUT2D eigenvalue weighted by molar-refractivity contribution is 0.240. The Balaban J connectivity index is 1.78. The lowest BCUT2D eigenvalue weighted by atomic mass is 10.1. The highest BCUT2D eigenvalue weighted by molar-refractivity contribution is 7.98. The third kappa shape index (κ3) is 3.06. The summed E-state index contributed by atoms with van der Waals surface area (Å²) >= 11 is 1.45. The van der Waals surface area contributed by atoms with Crippen molar-refractivity contribution in [2.75, 3.05) is 18.5 Å². The average Bonchev–Trinajstić information content (AvgIpc) is 2.50. The Morgan fingerprint density at radius 2 is 2.19 bits per heavy atom. The van der Waals surface area contributed by atoms with Crippen LogP contribution in [0.15, 0.2) is 22.3 Å². The monoisotopic (exact) mass is 304 g/mol. The second kappa shape index (κ2) is 5.82. The van der Waals surface area contributed by atoms with Gasteiger partial charge in [0, 0.05) is 44.0 Å². The number of nitrogens with zero attached hydrogens (tertiary/aromatic N) is 4. The van der Waals surface area contributed by atoms with Gasteiger partial charge in [-0.2, -0.15) is 0 Å². The van der Waals surface area contributed by atoms with Crippen LogP contribution in [0.3, 0.4) is 0 Å². The summed E-state index contributed by atoms with van der Waals surface area (Å²) in [5, 5.41) is 0.680. The molecule has 0 spiro atoms. The number of nitrogen functional groups attached to an aromatic ring is 1. The zero-order chi connectivity index (χ0) is 14.8. The van der Waals surface area contributed by atoms with Crippen molar-refractivity contribution in [3.8, 4) is 0 Å². The van der Waals surface area contributed by atoms with E-state index in [9.17, 15) is 4.79 Å². The Bertz CT molecular complexity index is 699. The first-order valence-electron chi connectivity index (χ1n) is 6.60. The van der Waals surface area contributed by atoms with Crippen LogP contribution in [-0.2, 0) is 19.5 Å². The number of aromatic amines is 1. The maximum absolute atomic E-state index is 12.1. The molecular weight excluding hydrogens is 288 g/mol. The molecule has 8 heteroatoms. The van der Waals surface area contributed by atoms with Gasteiger partial charge < -0.3 is 10.7 Å². The Labute approximate surface area is 126 Å². The summed E-state index contributed by atoms with van der Waals surface area (Å²) in [6.07, 6.45) is 6.12. The minimum Gasteiger partial charge on any atom is -0.368 e. The summed E-state index contributed by atoms with van der Waals surface area (Å²) in [5.74, 6) is 0.271. The number of aromatic nitrogens is 4. The molecule has 0 amide bonds. The van der Waals surface area contributed by atoms with Gasteiger partial charge in [-0.3, -0.25) is 9.69 Å². The molecule has 0 radical (unpaired) electrons. The number of H-pyrrole nitrogens is 1. The van der Waals surface area contributed by atoms with Crippen LogP contribution in [0, 0.1) is 0 Å². The summed E-state index contributed by atoms with van der Waals surface area (Å²) < 4.78 is 0. The van der Waals surface area contributed by atoms with Crippen LogP contribution in [-0.4, -0.2) is 37.6 Å². The molecule has 2 aromatic heterocycles. The number of rotatable bonds is 3. The minimum atomic E-state index is -0.0393. The molecule has 2 aromatic rings. The van der Waals surface area contributed by atoms with E-state index in [1.807, 2.05) is 6.26 Å². The number of nitrogens with one attached hydrogen (secondary N) is 1. The molecule has 1 aliphatic rings. The van der Waals surface area contributed by atoms with Crippen molar-refractivity contribution in [3.05, 3.63) is 39.6 Å². The smallest absolute Gasteiger partial charge is 0.256 e. The van der Waals surface area contributed by atoms with E-state index < -0.39 is 0 Å². The SMILES string of the molecule is CSc1nc2c(c(=O)[nH]1)CN(Cc1cnc(N)nc1)CC2. The number of nitrogens with two attached hydrogens (primary N) is 1. The van der Waals surface area contributed by atoms with E-state index in [-0.39, 0.29) is 11.5 Å². The van der Waals surface area contributed by atoms with Crippen LogP contribution >= 0.6 is 11.8 Å². The Hall–Kier alpha value is -1.93. The highest BCUT2D eigenvalue weighted by Crippen LogP contribution is 2.18. The van der Waals surface area contributed by atoms with Gasteiger partial charge in [0.1, 0.15) is 0 Å². The molecule has 3 heterocycles. The molecule has 0 saturated carbocycles. The zero-order valence-electron chi connectivity index (χ0n) is 11.7. The predicted molar refractivity (Wildman–Crippen MR) is 80.9 cm³/mol. The van der Waals surface area contributed by atoms with Crippen LogP contribution in [0.25, 0.3) is 0 Å². The van der Waals surface area contributed by atoms with Crippen LogP contribution in [0.1, 0.15) is 16.8 Å². The highest BCUT2D eigenvalue weighted by atomic mass is 32.2. The van der Waals surface area contributed by atoms with Crippen LogP contribution in [0.5, 0.6) is 0 Å². The molecule has 0 atom stereocenters. The van der Waals surface area contributed by atoms with E-state index in [1.54, 1.807) is 12.4 Å². The van der Waals surface area contributed by atoms with E-state index in [4.69, 9.17) is 5.73 Å². The molecule has 0 aromatic carbocycles. The Morgan fingerprint density at radius 1 is 1.43 bits per heavy atom. The van der Waals surface area contributed by atoms with Crippen molar-refractivity contribution in [2.24, 2.45) is 0 Å². The van der Waals surface area contributed by atoms with E-state index in [0.29, 0.717) is 18.2 Å². The van der Waals surface area contributed by atoms with Gasteiger partial charge in [-0.15, -0.1) is 0 Å². The molecule has 0 unspecified atom stereocenters. The highest BCUT2D eigenvalue weighted by Gasteiger charge is 2.21. The van der Waals surface area contributed by atoms with Crippen molar-refractivity contribution < 1.29 is 0 Å². The second-order valence-electron chi connectivity index (χ2n) is 4.91. The first-order chi connectivity index (χ1) is 10.2. The third-order valence-corrected chi connectivity index (χ3v) is 4.03. The van der Waals surface area contributed by atoms with Crippen LogP contribution < -0.4 is 11.3 Å². The Morgan fingerprint density at radius 3 is 2.90 bits per heavy atom. The van der Waals surface area contributed by atoms with Gasteiger partial charge in [0.2, 0.25) is 5.95 Å². The second-order valence-corrected chi connectivity index (χ2v) is 5.71. The summed E-state index contributed by atoms with van der Waals surface area (Å²) in [6.45, 7) is 2.15. The molecule has 3 N–H and O–H groups in total. The standard InChI is InChI=1S/C13H16N6OS/c1-21-13-17-10-2-3-19(7-9(10)11(20)18-13)6-8-4-15-12(14)16-5-8/h4-5H,2-3,6-7H2,1H3,(H2,14,15,16)(H,17,18,20). The summed E-state index contributed by atoms with van der Waals surface area (Å²) in [4.78, 5) is 29.6. The van der Waals surface area contributed by atoms with Gasteiger partial charge in [0.15, 0.2) is 5.16 Å². The van der Waals surface area contributed by atoms with E-state index in [2.05, 4.69) is 24.8 Å². The number of fused-ring (bicyclic) bond motifs is 1. The molecule has 21 heavy (non-hydrogen) atoms. The number of anilines is 1. The van der Waals surface area contributed by atoms with Gasteiger partial charge in [-0.25, -0.2) is 15.0 Å². The van der Waals surface area contributed by atoms with Gasteiger partial charge >= 0.3 is 0 Å². The molecule has 110 valence electrons.